The standard InChI is InChI=1S/C15H19N3O5S/c1-2-3-6-21-12-11(16-24-17-12)10-8-18-7-9(10)4-5-15(18)22-13(19)14(20)23-15/h9-10H,2-8H2,1H3. The van der Waals surface area contributed by atoms with Crippen LogP contribution in [-0.2, 0) is 19.1 Å². The van der Waals surface area contributed by atoms with Crippen LogP contribution in [0, 0.1) is 5.92 Å². The number of hydrogen-bond donors (Lipinski definition) is 0. The molecule has 3 saturated heterocycles. The van der Waals surface area contributed by atoms with Crippen molar-refractivity contribution in [3.05, 3.63) is 5.69 Å². The van der Waals surface area contributed by atoms with Gasteiger partial charge in [0.1, 0.15) is 5.69 Å². The molecule has 0 amide bonds. The Kier molecular flexibility index (Phi) is 3.92. The van der Waals surface area contributed by atoms with Crippen molar-refractivity contribution in [1.82, 2.24) is 13.6 Å². The van der Waals surface area contributed by atoms with Gasteiger partial charge in [-0.2, -0.15) is 4.37 Å². The first-order chi connectivity index (χ1) is 11.6. The molecule has 0 radical (unpaired) electrons. The van der Waals surface area contributed by atoms with Gasteiger partial charge < -0.3 is 14.2 Å². The zero-order valence-electron chi connectivity index (χ0n) is 13.4. The van der Waals surface area contributed by atoms with Crippen molar-refractivity contribution in [2.45, 2.75) is 44.4 Å². The zero-order chi connectivity index (χ0) is 16.7. The molecule has 0 saturated carbocycles. The largest absolute Gasteiger partial charge is 0.476 e. The van der Waals surface area contributed by atoms with E-state index < -0.39 is 17.8 Å². The van der Waals surface area contributed by atoms with Gasteiger partial charge in [0.15, 0.2) is 0 Å². The van der Waals surface area contributed by atoms with Gasteiger partial charge in [-0.3, -0.25) is 0 Å². The number of carbonyl (C=O) groups excluding carboxylic acids is 2. The van der Waals surface area contributed by atoms with Gasteiger partial charge in [-0.15, -0.1) is 4.37 Å². The molecule has 9 heteroatoms. The Morgan fingerprint density at radius 2 is 2.08 bits per heavy atom. The molecule has 0 N–H and O–H groups in total. The Morgan fingerprint density at radius 3 is 2.83 bits per heavy atom. The minimum absolute atomic E-state index is 0.151. The molecule has 4 rings (SSSR count). The summed E-state index contributed by atoms with van der Waals surface area (Å²) >= 11 is 1.16. The van der Waals surface area contributed by atoms with Crippen molar-refractivity contribution in [3.63, 3.8) is 0 Å². The normalized spacial score (nSPS) is 30.5. The average Bonchev–Trinajstić information content (AvgIpc) is 3.22. The van der Waals surface area contributed by atoms with Crippen LogP contribution in [0.2, 0.25) is 0 Å². The lowest BCUT2D eigenvalue weighted by Gasteiger charge is -2.37. The number of esters is 2. The van der Waals surface area contributed by atoms with Crippen LogP contribution in [0.1, 0.15) is 44.2 Å². The fraction of sp³-hybridized carbons (Fsp3) is 0.733. The van der Waals surface area contributed by atoms with E-state index in [4.69, 9.17) is 14.2 Å². The number of piperidine rings is 1. The Labute approximate surface area is 143 Å². The van der Waals surface area contributed by atoms with E-state index in [0.717, 1.165) is 36.7 Å². The third-order valence-electron chi connectivity index (χ3n) is 4.99. The van der Waals surface area contributed by atoms with Crippen LogP contribution in [0.3, 0.4) is 0 Å². The lowest BCUT2D eigenvalue weighted by Crippen LogP contribution is -2.51. The highest BCUT2D eigenvalue weighted by molar-refractivity contribution is 6.99. The molecule has 130 valence electrons. The molecule has 24 heavy (non-hydrogen) atoms. The maximum atomic E-state index is 11.5. The van der Waals surface area contributed by atoms with Crippen LogP contribution >= 0.6 is 11.7 Å². The second-order valence-corrected chi connectivity index (χ2v) is 6.99. The lowest BCUT2D eigenvalue weighted by atomic mass is 9.88. The van der Waals surface area contributed by atoms with Crippen molar-refractivity contribution >= 4 is 23.7 Å². The van der Waals surface area contributed by atoms with Crippen LogP contribution in [-0.4, -0.2) is 51.2 Å². The van der Waals surface area contributed by atoms with Crippen molar-refractivity contribution in [2.24, 2.45) is 5.92 Å². The summed E-state index contributed by atoms with van der Waals surface area (Å²) in [6.45, 7) is 4.06. The Morgan fingerprint density at radius 1 is 1.29 bits per heavy atom. The van der Waals surface area contributed by atoms with Gasteiger partial charge in [0.2, 0.25) is 5.88 Å². The summed E-state index contributed by atoms with van der Waals surface area (Å²) in [7, 11) is 0. The van der Waals surface area contributed by atoms with Crippen molar-refractivity contribution < 1.29 is 23.8 Å². The molecule has 4 heterocycles. The van der Waals surface area contributed by atoms with Crippen molar-refractivity contribution in [1.29, 1.82) is 0 Å². The number of hydrogen-bond acceptors (Lipinski definition) is 9. The first-order valence-corrected chi connectivity index (χ1v) is 9.02. The molecular formula is C15H19N3O5S. The summed E-state index contributed by atoms with van der Waals surface area (Å²) in [5, 5.41) is 0. The summed E-state index contributed by atoms with van der Waals surface area (Å²) in [5.74, 6) is -1.90. The smallest absolute Gasteiger partial charge is 0.421 e. The van der Waals surface area contributed by atoms with Gasteiger partial charge in [-0.1, -0.05) is 13.3 Å². The maximum absolute atomic E-state index is 11.5. The topological polar surface area (TPSA) is 90.9 Å². The van der Waals surface area contributed by atoms with E-state index in [2.05, 4.69) is 15.7 Å². The summed E-state index contributed by atoms with van der Waals surface area (Å²) in [6, 6.07) is 0. The van der Waals surface area contributed by atoms with Gasteiger partial charge in [0, 0.05) is 25.4 Å². The molecule has 3 aliphatic heterocycles. The highest BCUT2D eigenvalue weighted by atomic mass is 32.1. The quantitative estimate of drug-likeness (QED) is 0.444. The molecule has 1 aromatic rings. The van der Waals surface area contributed by atoms with Crippen molar-refractivity contribution in [2.75, 3.05) is 19.7 Å². The van der Waals surface area contributed by atoms with E-state index >= 15 is 0 Å². The second kappa shape index (κ2) is 5.96. The van der Waals surface area contributed by atoms with Gasteiger partial charge in [-0.25, -0.2) is 14.5 Å². The molecule has 3 unspecified atom stereocenters. The second-order valence-electron chi connectivity index (χ2n) is 6.46. The predicted octanol–water partition coefficient (Wildman–Crippen LogP) is 1.28. The van der Waals surface area contributed by atoms with E-state index in [-0.39, 0.29) is 5.92 Å². The van der Waals surface area contributed by atoms with Crippen LogP contribution in [0.25, 0.3) is 0 Å². The lowest BCUT2D eigenvalue weighted by molar-refractivity contribution is -0.257. The number of nitrogens with zero attached hydrogens (tertiary/aromatic N) is 3. The Balaban J connectivity index is 1.51. The summed E-state index contributed by atoms with van der Waals surface area (Å²) in [5.41, 5.74) is 0.872. The molecule has 3 atom stereocenters. The Hall–Kier alpha value is -1.74. The molecule has 8 nitrogen and oxygen atoms in total. The maximum Gasteiger partial charge on any atom is 0.421 e. The monoisotopic (exact) mass is 353 g/mol. The average molecular weight is 353 g/mol. The number of ether oxygens (including phenoxy) is 3. The summed E-state index contributed by atoms with van der Waals surface area (Å²) in [4.78, 5) is 24.9. The van der Waals surface area contributed by atoms with E-state index in [9.17, 15) is 9.59 Å². The van der Waals surface area contributed by atoms with Crippen LogP contribution in [0.15, 0.2) is 0 Å². The highest BCUT2D eigenvalue weighted by Crippen LogP contribution is 2.48. The molecule has 1 spiro atoms. The van der Waals surface area contributed by atoms with Crippen LogP contribution in [0.4, 0.5) is 0 Å². The number of rotatable bonds is 5. The van der Waals surface area contributed by atoms with Gasteiger partial charge in [0.05, 0.1) is 18.3 Å². The third-order valence-corrected chi connectivity index (χ3v) is 5.52. The van der Waals surface area contributed by atoms with Gasteiger partial charge in [-0.05, 0) is 18.8 Å². The Bertz CT molecular complexity index is 647. The van der Waals surface area contributed by atoms with Crippen LogP contribution < -0.4 is 4.74 Å². The van der Waals surface area contributed by atoms with Crippen LogP contribution in [0.5, 0.6) is 5.88 Å². The van der Waals surface area contributed by atoms with Gasteiger partial charge >= 0.3 is 17.8 Å². The number of fused-ring (bicyclic) bond motifs is 3. The summed E-state index contributed by atoms with van der Waals surface area (Å²) in [6.07, 6.45) is 3.33. The number of unbranched alkanes of at least 4 members (excludes halogenated alkanes) is 1. The first kappa shape index (κ1) is 15.8. The van der Waals surface area contributed by atoms with E-state index in [0.29, 0.717) is 37.9 Å². The predicted molar refractivity (Wildman–Crippen MR) is 82.3 cm³/mol. The first-order valence-electron chi connectivity index (χ1n) is 8.29. The molecule has 1 aromatic heterocycles. The fourth-order valence-corrected chi connectivity index (χ4v) is 4.29. The van der Waals surface area contributed by atoms with E-state index in [1.807, 2.05) is 4.90 Å². The minimum Gasteiger partial charge on any atom is -0.476 e. The molecule has 3 aliphatic rings. The SMILES string of the molecule is CCCCOc1nsnc1C1CN2CC1CCC21OC(=O)C(=O)O1. The molecule has 3 fully saturated rings. The van der Waals surface area contributed by atoms with Crippen molar-refractivity contribution in [3.8, 4) is 5.88 Å². The number of carbonyl (C=O) groups is 2. The van der Waals surface area contributed by atoms with E-state index in [1.54, 1.807) is 0 Å². The fourth-order valence-electron chi connectivity index (χ4n) is 3.73. The molecule has 0 aromatic carbocycles. The third kappa shape index (κ3) is 2.46. The molecule has 0 aliphatic carbocycles. The highest BCUT2D eigenvalue weighted by Gasteiger charge is 2.59. The molecule has 2 bridgehead atoms. The molecular weight excluding hydrogens is 334 g/mol. The summed E-state index contributed by atoms with van der Waals surface area (Å²) < 4.78 is 25.0. The minimum atomic E-state index is -1.22. The van der Waals surface area contributed by atoms with Gasteiger partial charge in [0.25, 0.3) is 0 Å². The number of aromatic nitrogens is 2. The zero-order valence-corrected chi connectivity index (χ0v) is 14.2. The van der Waals surface area contributed by atoms with E-state index in [1.165, 1.54) is 0 Å².